The van der Waals surface area contributed by atoms with Crippen LogP contribution in [0.1, 0.15) is 12.5 Å². The van der Waals surface area contributed by atoms with Gasteiger partial charge in [0.1, 0.15) is 11.5 Å². The molecule has 0 radical (unpaired) electrons. The highest BCUT2D eigenvalue weighted by Gasteiger charge is 2.32. The van der Waals surface area contributed by atoms with Crippen LogP contribution in [0, 0.1) is 20.2 Å². The number of aryl methyl sites for hydroxylation is 1. The van der Waals surface area contributed by atoms with Gasteiger partial charge >= 0.3 is 18.4 Å². The van der Waals surface area contributed by atoms with Crippen LogP contribution in [0.15, 0.2) is 84.9 Å². The molecule has 0 unspecified atom stereocenters. The summed E-state index contributed by atoms with van der Waals surface area (Å²) in [7, 11) is 0. The zero-order valence-corrected chi connectivity index (χ0v) is 24.1. The number of ether oxygens (including phenoxy) is 1. The quantitative estimate of drug-likeness (QED) is 0.0632. The van der Waals surface area contributed by atoms with Gasteiger partial charge in [-0.3, -0.25) is 20.2 Å². The van der Waals surface area contributed by atoms with Crippen LogP contribution in [-0.4, -0.2) is 38.5 Å². The lowest BCUT2D eigenvalue weighted by Crippen LogP contribution is -2.22. The number of anilines is 4. The number of nitro groups is 2. The predicted octanol–water partition coefficient (Wildman–Crippen LogP) is 7.35. The molecule has 47 heavy (non-hydrogen) atoms. The number of carbonyl (C=O) groups is 2. The van der Waals surface area contributed by atoms with Crippen LogP contribution in [0.25, 0.3) is 0 Å². The topological polar surface area (TPSA) is 218 Å². The second-order valence-electron chi connectivity index (χ2n) is 9.13. The number of nitrogens with one attached hydrogen (secondary N) is 4. The number of phenolic OH excluding ortho intramolecular Hbond substituents is 2. The molecule has 246 valence electrons. The van der Waals surface area contributed by atoms with E-state index >= 15 is 0 Å². The second kappa shape index (κ2) is 15.4. The summed E-state index contributed by atoms with van der Waals surface area (Å²) in [6.45, 7) is 1.97. The lowest BCUT2D eigenvalue weighted by Gasteiger charge is -2.14. The molecule has 0 spiro atoms. The SMILES string of the molecule is CCc1ccccc1NC(=O)Nc1ccc([N+](=O)[O-])cc1O.O=C(Nc1ccc([N+](=O)[O-])cc1O)Nc1ccccc1OC(F)(F)F. The van der Waals surface area contributed by atoms with E-state index in [1.165, 1.54) is 30.3 Å². The zero-order chi connectivity index (χ0) is 34.7. The lowest BCUT2D eigenvalue weighted by atomic mass is 10.1. The highest BCUT2D eigenvalue weighted by atomic mass is 19.4. The van der Waals surface area contributed by atoms with Gasteiger partial charge in [-0.25, -0.2) is 9.59 Å². The Kier molecular flexibility index (Phi) is 11.4. The number of nitro benzene ring substituents is 2. The highest BCUT2D eigenvalue weighted by molar-refractivity contribution is 6.02. The van der Waals surface area contributed by atoms with Crippen molar-refractivity contribution in [2.45, 2.75) is 19.7 Å². The van der Waals surface area contributed by atoms with Crippen molar-refractivity contribution in [3.8, 4) is 17.2 Å². The summed E-state index contributed by atoms with van der Waals surface area (Å²) in [4.78, 5) is 43.6. The number of hydrogen-bond acceptors (Lipinski definition) is 9. The number of para-hydroxylation sites is 3. The number of hydrogen-bond donors (Lipinski definition) is 6. The van der Waals surface area contributed by atoms with Crippen LogP contribution < -0.4 is 26.0 Å². The largest absolute Gasteiger partial charge is 0.573 e. The normalized spacial score (nSPS) is 10.5. The molecule has 0 bridgehead atoms. The van der Waals surface area contributed by atoms with E-state index in [0.29, 0.717) is 5.69 Å². The lowest BCUT2D eigenvalue weighted by molar-refractivity contribution is -0.385. The summed E-state index contributed by atoms with van der Waals surface area (Å²) >= 11 is 0. The number of urea groups is 2. The summed E-state index contributed by atoms with van der Waals surface area (Å²) < 4.78 is 40.8. The van der Waals surface area contributed by atoms with Gasteiger partial charge in [-0.15, -0.1) is 13.2 Å². The Morgan fingerprint density at radius 2 is 1.13 bits per heavy atom. The minimum Gasteiger partial charge on any atom is -0.506 e. The fourth-order valence-corrected chi connectivity index (χ4v) is 3.76. The van der Waals surface area contributed by atoms with Crippen molar-refractivity contribution in [1.29, 1.82) is 0 Å². The van der Waals surface area contributed by atoms with Crippen LogP contribution in [0.5, 0.6) is 17.2 Å². The molecule has 6 N–H and O–H groups in total. The van der Waals surface area contributed by atoms with Crippen LogP contribution >= 0.6 is 0 Å². The Bertz CT molecular complexity index is 1790. The van der Waals surface area contributed by atoms with E-state index in [-0.39, 0.29) is 28.5 Å². The summed E-state index contributed by atoms with van der Waals surface area (Å²) in [5, 5.41) is 49.9. The van der Waals surface area contributed by atoms with E-state index in [0.717, 1.165) is 42.3 Å². The third kappa shape index (κ3) is 10.5. The molecule has 0 aliphatic rings. The van der Waals surface area contributed by atoms with E-state index < -0.39 is 45.5 Å². The Morgan fingerprint density at radius 3 is 1.57 bits per heavy atom. The van der Waals surface area contributed by atoms with Gasteiger partial charge in [0.15, 0.2) is 5.75 Å². The van der Waals surface area contributed by atoms with Crippen molar-refractivity contribution in [1.82, 2.24) is 0 Å². The molecular weight excluding hydrogens is 633 g/mol. The molecule has 0 atom stereocenters. The van der Waals surface area contributed by atoms with E-state index in [1.807, 2.05) is 19.1 Å². The van der Waals surface area contributed by atoms with Gasteiger partial charge < -0.3 is 36.2 Å². The number of carbonyl (C=O) groups excluding carboxylic acids is 2. The van der Waals surface area contributed by atoms with Gasteiger partial charge in [0.05, 0.1) is 39.0 Å². The smallest absolute Gasteiger partial charge is 0.506 e. The third-order valence-corrected chi connectivity index (χ3v) is 5.89. The van der Waals surface area contributed by atoms with Gasteiger partial charge in [0.2, 0.25) is 0 Å². The van der Waals surface area contributed by atoms with Crippen LogP contribution in [-0.2, 0) is 6.42 Å². The van der Waals surface area contributed by atoms with Crippen molar-refractivity contribution in [3.63, 3.8) is 0 Å². The number of benzene rings is 4. The number of amides is 4. The molecule has 0 heterocycles. The minimum atomic E-state index is -4.94. The maximum Gasteiger partial charge on any atom is 0.573 e. The maximum atomic E-state index is 12.3. The number of halogens is 3. The van der Waals surface area contributed by atoms with Crippen molar-refractivity contribution in [2.24, 2.45) is 0 Å². The first-order valence-electron chi connectivity index (χ1n) is 13.2. The predicted molar refractivity (Wildman–Crippen MR) is 164 cm³/mol. The molecule has 0 saturated heterocycles. The second-order valence-corrected chi connectivity index (χ2v) is 9.13. The molecule has 15 nitrogen and oxygen atoms in total. The van der Waals surface area contributed by atoms with Crippen LogP contribution in [0.4, 0.5) is 56.9 Å². The van der Waals surface area contributed by atoms with Crippen LogP contribution in [0.2, 0.25) is 0 Å². The molecule has 0 saturated carbocycles. The number of phenols is 2. The first kappa shape index (κ1) is 34.9. The van der Waals surface area contributed by atoms with Crippen molar-refractivity contribution < 1.29 is 47.6 Å². The number of nitrogens with zero attached hydrogens (tertiary/aromatic N) is 2. The van der Waals surface area contributed by atoms with E-state index in [1.54, 1.807) is 12.1 Å². The summed E-state index contributed by atoms with van der Waals surface area (Å²) in [5.74, 6) is -1.57. The van der Waals surface area contributed by atoms with E-state index in [9.17, 15) is 53.2 Å². The van der Waals surface area contributed by atoms with E-state index in [4.69, 9.17) is 0 Å². The Hall–Kier alpha value is -6.59. The van der Waals surface area contributed by atoms with Crippen molar-refractivity contribution in [3.05, 3.63) is 111 Å². The third-order valence-electron chi connectivity index (χ3n) is 5.89. The molecule has 18 heteroatoms. The summed E-state index contributed by atoms with van der Waals surface area (Å²) in [5.41, 5.74) is 0.662. The Labute approximate surface area is 262 Å². The van der Waals surface area contributed by atoms with Crippen LogP contribution in [0.3, 0.4) is 0 Å². The fourth-order valence-electron chi connectivity index (χ4n) is 3.76. The van der Waals surface area contributed by atoms with Gasteiger partial charge in [0.25, 0.3) is 11.4 Å². The standard InChI is InChI=1S/C15H15N3O4.C14H10F3N3O5/c1-2-10-5-3-4-6-12(10)16-15(20)17-13-8-7-11(18(21)22)9-14(13)19;15-14(16,17)25-12-4-2-1-3-10(12)19-13(22)18-9-6-5-8(20(23)24)7-11(9)21/h3-9,19H,2H2,1H3,(H2,16,17,20);1-7,21H,(H2,18,19,22). The molecule has 0 aliphatic carbocycles. The van der Waals surface area contributed by atoms with Gasteiger partial charge in [-0.1, -0.05) is 37.3 Å². The summed E-state index contributed by atoms with van der Waals surface area (Å²) in [6, 6.07) is 17.1. The zero-order valence-electron chi connectivity index (χ0n) is 24.1. The van der Waals surface area contributed by atoms with Gasteiger partial charge in [-0.2, -0.15) is 0 Å². The average Bonchev–Trinajstić information content (AvgIpc) is 3.00. The molecule has 4 aromatic rings. The fraction of sp³-hybridized carbons (Fsp3) is 0.103. The molecule has 0 aliphatic heterocycles. The molecule has 4 rings (SSSR count). The average molecular weight is 659 g/mol. The number of rotatable bonds is 8. The van der Waals surface area contributed by atoms with Gasteiger partial charge in [0, 0.05) is 17.8 Å². The van der Waals surface area contributed by atoms with Gasteiger partial charge in [-0.05, 0) is 42.3 Å². The molecule has 4 aromatic carbocycles. The molecule has 0 aromatic heterocycles. The number of alkyl halides is 3. The minimum absolute atomic E-state index is 0.0945. The molecule has 0 fully saturated rings. The Balaban J connectivity index is 0.000000257. The summed E-state index contributed by atoms with van der Waals surface area (Å²) in [6.07, 6.45) is -4.18. The van der Waals surface area contributed by atoms with Crippen molar-refractivity contribution in [2.75, 3.05) is 21.3 Å². The van der Waals surface area contributed by atoms with Crippen molar-refractivity contribution >= 4 is 46.2 Å². The van der Waals surface area contributed by atoms with E-state index in [2.05, 4.69) is 26.0 Å². The monoisotopic (exact) mass is 658 g/mol. The first-order valence-corrected chi connectivity index (χ1v) is 13.2. The molecular formula is C29H25F3N6O9. The Morgan fingerprint density at radius 1 is 0.702 bits per heavy atom. The maximum absolute atomic E-state index is 12.3. The number of non-ortho nitro benzene ring substituents is 2. The number of aromatic hydroxyl groups is 2. The highest BCUT2D eigenvalue weighted by Crippen LogP contribution is 2.32. The molecule has 4 amide bonds. The first-order chi connectivity index (χ1) is 22.2.